The fourth-order valence-electron chi connectivity index (χ4n) is 1.47. The first-order valence-electron chi connectivity index (χ1n) is 3.71. The monoisotopic (exact) mass is 137 g/mol. The Morgan fingerprint density at radius 1 is 1.50 bits per heavy atom. The van der Waals surface area contributed by atoms with Gasteiger partial charge in [0.2, 0.25) is 0 Å². The number of hydrogen-bond donors (Lipinski definition) is 0. The molecule has 0 aromatic carbocycles. The van der Waals surface area contributed by atoms with Crippen molar-refractivity contribution >= 4 is 6.29 Å². The Morgan fingerprint density at radius 3 is 2.90 bits per heavy atom. The molecule has 0 spiro atoms. The molecule has 0 N–H and O–H groups in total. The Hall–Kier alpha value is -0.840. The van der Waals surface area contributed by atoms with Crippen LogP contribution in [0.3, 0.4) is 0 Å². The van der Waals surface area contributed by atoms with Crippen molar-refractivity contribution in [2.24, 2.45) is 11.8 Å². The van der Waals surface area contributed by atoms with Crippen molar-refractivity contribution in [1.29, 1.82) is 5.26 Å². The molecule has 0 aromatic rings. The number of nitrogens with zero attached hydrogens (tertiary/aromatic N) is 1. The van der Waals surface area contributed by atoms with Crippen LogP contribution in [0.4, 0.5) is 0 Å². The van der Waals surface area contributed by atoms with Crippen molar-refractivity contribution in [2.45, 2.75) is 25.7 Å². The predicted molar refractivity (Wildman–Crippen MR) is 37.1 cm³/mol. The summed E-state index contributed by atoms with van der Waals surface area (Å²) < 4.78 is 0. The maximum absolute atomic E-state index is 10.3. The Labute approximate surface area is 60.8 Å². The van der Waals surface area contributed by atoms with Gasteiger partial charge in [0.25, 0.3) is 0 Å². The maximum atomic E-state index is 10.3. The van der Waals surface area contributed by atoms with Crippen molar-refractivity contribution in [3.63, 3.8) is 0 Å². The van der Waals surface area contributed by atoms with Gasteiger partial charge in [-0.2, -0.15) is 5.26 Å². The molecule has 1 saturated carbocycles. The van der Waals surface area contributed by atoms with Crippen molar-refractivity contribution in [2.75, 3.05) is 0 Å². The molecule has 10 heavy (non-hydrogen) atoms. The third-order valence-corrected chi connectivity index (χ3v) is 2.09. The Kier molecular flexibility index (Phi) is 2.44. The van der Waals surface area contributed by atoms with Gasteiger partial charge in [-0.3, -0.25) is 0 Å². The Balaban J connectivity index is 2.40. The van der Waals surface area contributed by atoms with E-state index < -0.39 is 0 Å². The van der Waals surface area contributed by atoms with E-state index >= 15 is 0 Å². The van der Waals surface area contributed by atoms with Gasteiger partial charge < -0.3 is 4.79 Å². The maximum Gasteiger partial charge on any atom is 0.123 e. The summed E-state index contributed by atoms with van der Waals surface area (Å²) in [6, 6.07) is 2.21. The van der Waals surface area contributed by atoms with Gasteiger partial charge in [0.05, 0.1) is 6.07 Å². The van der Waals surface area contributed by atoms with Crippen LogP contribution in [0, 0.1) is 23.2 Å². The molecule has 1 rings (SSSR count). The SMILES string of the molecule is N#C[C@H]1CCCC(C=O)C1. The molecule has 2 heteroatoms. The highest BCUT2D eigenvalue weighted by atomic mass is 16.1. The van der Waals surface area contributed by atoms with Crippen molar-refractivity contribution in [3.05, 3.63) is 0 Å². The second-order valence-corrected chi connectivity index (χ2v) is 2.89. The van der Waals surface area contributed by atoms with Crippen LogP contribution in [0.2, 0.25) is 0 Å². The molecule has 0 amide bonds. The highest BCUT2D eigenvalue weighted by Crippen LogP contribution is 2.26. The standard InChI is InChI=1S/C8H11NO/c9-5-7-2-1-3-8(4-7)6-10/h6-8H,1-4H2/t7-,8?/m0/s1. The smallest absolute Gasteiger partial charge is 0.123 e. The van der Waals surface area contributed by atoms with E-state index in [1.165, 1.54) is 0 Å². The lowest BCUT2D eigenvalue weighted by atomic mass is 9.83. The molecule has 0 bridgehead atoms. The van der Waals surface area contributed by atoms with E-state index in [0.717, 1.165) is 32.0 Å². The van der Waals surface area contributed by atoms with Gasteiger partial charge in [-0.1, -0.05) is 6.42 Å². The largest absolute Gasteiger partial charge is 0.303 e. The van der Waals surface area contributed by atoms with E-state index in [1.54, 1.807) is 0 Å². The van der Waals surface area contributed by atoms with Crippen LogP contribution >= 0.6 is 0 Å². The number of carbonyl (C=O) groups excluding carboxylic acids is 1. The van der Waals surface area contributed by atoms with Gasteiger partial charge in [-0.15, -0.1) is 0 Å². The average molecular weight is 137 g/mol. The molecule has 0 radical (unpaired) electrons. The molecule has 2 nitrogen and oxygen atoms in total. The fourth-order valence-corrected chi connectivity index (χ4v) is 1.47. The molecule has 1 fully saturated rings. The molecule has 0 aliphatic heterocycles. The highest BCUT2D eigenvalue weighted by Gasteiger charge is 2.20. The summed E-state index contributed by atoms with van der Waals surface area (Å²) in [5, 5.41) is 8.54. The normalized spacial score (nSPS) is 32.7. The van der Waals surface area contributed by atoms with Gasteiger partial charge in [0.15, 0.2) is 0 Å². The average Bonchev–Trinajstić information content (AvgIpc) is 2.05. The molecule has 1 aliphatic carbocycles. The molecule has 54 valence electrons. The molecule has 0 aromatic heterocycles. The van der Waals surface area contributed by atoms with E-state index in [-0.39, 0.29) is 11.8 Å². The molecule has 0 saturated heterocycles. The van der Waals surface area contributed by atoms with Gasteiger partial charge in [0.1, 0.15) is 6.29 Å². The van der Waals surface area contributed by atoms with Crippen LogP contribution in [-0.4, -0.2) is 6.29 Å². The topological polar surface area (TPSA) is 40.9 Å². The number of carbonyl (C=O) groups is 1. The lowest BCUT2D eigenvalue weighted by molar-refractivity contribution is -0.112. The summed E-state index contributed by atoms with van der Waals surface area (Å²) in [7, 11) is 0. The van der Waals surface area contributed by atoms with Crippen molar-refractivity contribution < 1.29 is 4.79 Å². The van der Waals surface area contributed by atoms with Crippen molar-refractivity contribution in [3.8, 4) is 6.07 Å². The van der Waals surface area contributed by atoms with Crippen LogP contribution in [0.1, 0.15) is 25.7 Å². The molecule has 1 aliphatic rings. The molecule has 1 unspecified atom stereocenters. The third kappa shape index (κ3) is 1.57. The van der Waals surface area contributed by atoms with Gasteiger partial charge >= 0.3 is 0 Å². The zero-order valence-corrected chi connectivity index (χ0v) is 5.92. The summed E-state index contributed by atoms with van der Waals surface area (Å²) in [5.41, 5.74) is 0. The summed E-state index contributed by atoms with van der Waals surface area (Å²) in [5.74, 6) is 0.308. The molecular formula is C8H11NO. The minimum atomic E-state index is 0.143. The summed E-state index contributed by atoms with van der Waals surface area (Å²) in [4.78, 5) is 10.3. The van der Waals surface area contributed by atoms with Gasteiger partial charge in [-0.25, -0.2) is 0 Å². The van der Waals surface area contributed by atoms with Crippen LogP contribution in [-0.2, 0) is 4.79 Å². The zero-order valence-electron chi connectivity index (χ0n) is 5.92. The van der Waals surface area contributed by atoms with Crippen LogP contribution in [0.15, 0.2) is 0 Å². The fraction of sp³-hybridized carbons (Fsp3) is 0.750. The van der Waals surface area contributed by atoms with Crippen LogP contribution < -0.4 is 0 Å². The van der Waals surface area contributed by atoms with Crippen LogP contribution in [0.25, 0.3) is 0 Å². The number of nitriles is 1. The van der Waals surface area contributed by atoms with Crippen molar-refractivity contribution in [1.82, 2.24) is 0 Å². The van der Waals surface area contributed by atoms with Gasteiger partial charge in [-0.05, 0) is 19.3 Å². The van der Waals surface area contributed by atoms with Gasteiger partial charge in [0, 0.05) is 11.8 Å². The second kappa shape index (κ2) is 3.36. The lowest BCUT2D eigenvalue weighted by Gasteiger charge is -2.19. The number of rotatable bonds is 1. The lowest BCUT2D eigenvalue weighted by Crippen LogP contribution is -2.14. The van der Waals surface area contributed by atoms with E-state index in [2.05, 4.69) is 6.07 Å². The molecule has 2 atom stereocenters. The van der Waals surface area contributed by atoms with E-state index in [9.17, 15) is 4.79 Å². The first-order valence-corrected chi connectivity index (χ1v) is 3.71. The summed E-state index contributed by atoms with van der Waals surface area (Å²) in [6.45, 7) is 0. The third-order valence-electron chi connectivity index (χ3n) is 2.09. The molecular weight excluding hydrogens is 126 g/mol. The Morgan fingerprint density at radius 2 is 2.30 bits per heavy atom. The second-order valence-electron chi connectivity index (χ2n) is 2.89. The van der Waals surface area contributed by atoms with E-state index in [1.807, 2.05) is 0 Å². The number of hydrogen-bond acceptors (Lipinski definition) is 2. The van der Waals surface area contributed by atoms with E-state index in [4.69, 9.17) is 5.26 Å². The van der Waals surface area contributed by atoms with Crippen LogP contribution in [0.5, 0.6) is 0 Å². The Bertz CT molecular complexity index is 159. The first-order chi connectivity index (χ1) is 4.86. The number of aldehydes is 1. The summed E-state index contributed by atoms with van der Waals surface area (Å²) in [6.07, 6.45) is 4.80. The first kappa shape index (κ1) is 7.27. The minimum absolute atomic E-state index is 0.143. The highest BCUT2D eigenvalue weighted by molar-refractivity contribution is 5.53. The van der Waals surface area contributed by atoms with E-state index in [0.29, 0.717) is 0 Å². The minimum Gasteiger partial charge on any atom is -0.303 e. The predicted octanol–water partition coefficient (Wildman–Crippen LogP) is 1.52. The molecule has 0 heterocycles. The zero-order chi connectivity index (χ0) is 7.40. The summed E-state index contributed by atoms with van der Waals surface area (Å²) >= 11 is 0. The quantitative estimate of drug-likeness (QED) is 0.514.